The lowest BCUT2D eigenvalue weighted by Gasteiger charge is -2.27. The molecule has 0 aromatic heterocycles. The number of amides is 2. The summed E-state index contributed by atoms with van der Waals surface area (Å²) < 4.78 is 0. The quantitative estimate of drug-likeness (QED) is 0.641. The molecule has 7 heteroatoms. The Morgan fingerprint density at radius 2 is 1.67 bits per heavy atom. The van der Waals surface area contributed by atoms with E-state index in [0.29, 0.717) is 6.54 Å². The number of rotatable bonds is 7. The summed E-state index contributed by atoms with van der Waals surface area (Å²) in [5.74, 6) is 0.0456. The maximum Gasteiger partial charge on any atom is 0.241 e. The van der Waals surface area contributed by atoms with Crippen molar-refractivity contribution in [2.45, 2.75) is 55.5 Å². The molecule has 1 saturated heterocycles. The lowest BCUT2D eigenvalue weighted by Crippen LogP contribution is -2.47. The molecule has 178 valence electrons. The van der Waals surface area contributed by atoms with Gasteiger partial charge in [0.05, 0.1) is 18.3 Å². The third-order valence-electron chi connectivity index (χ3n) is 5.55. The van der Waals surface area contributed by atoms with Crippen molar-refractivity contribution in [1.82, 2.24) is 15.1 Å². The molecule has 0 unspecified atom stereocenters. The van der Waals surface area contributed by atoms with Crippen LogP contribution in [0.2, 0.25) is 0 Å². The number of carbonyl (C=O) groups excluding carboxylic acids is 2. The minimum absolute atomic E-state index is 0.00460. The number of nitrogens with zero attached hydrogens (tertiary/aromatic N) is 2. The second-order valence-corrected chi connectivity index (χ2v) is 10.7. The van der Waals surface area contributed by atoms with E-state index < -0.39 is 0 Å². The summed E-state index contributed by atoms with van der Waals surface area (Å²) in [4.78, 5) is 32.0. The van der Waals surface area contributed by atoms with Gasteiger partial charge >= 0.3 is 0 Å². The predicted octanol–water partition coefficient (Wildman–Crippen LogP) is 4.09. The SMILES string of the molecule is C[C@H](C(=O)Nc1ccccc1Sc1ccccc1)N1CCCN(CC(=O)NC(C)(C)C)CC1. The summed E-state index contributed by atoms with van der Waals surface area (Å²) >= 11 is 1.64. The molecule has 0 saturated carbocycles. The average molecular weight is 469 g/mol. The van der Waals surface area contributed by atoms with Crippen molar-refractivity contribution in [3.63, 3.8) is 0 Å². The number of para-hydroxylation sites is 1. The van der Waals surface area contributed by atoms with Gasteiger partial charge in [-0.3, -0.25) is 19.4 Å². The molecule has 0 spiro atoms. The highest BCUT2D eigenvalue weighted by Crippen LogP contribution is 2.33. The molecule has 0 bridgehead atoms. The second-order valence-electron chi connectivity index (χ2n) is 9.54. The van der Waals surface area contributed by atoms with Crippen LogP contribution in [-0.4, -0.2) is 65.9 Å². The van der Waals surface area contributed by atoms with Crippen molar-refractivity contribution in [2.24, 2.45) is 0 Å². The molecule has 2 aromatic carbocycles. The molecule has 1 fully saturated rings. The third-order valence-corrected chi connectivity index (χ3v) is 6.63. The van der Waals surface area contributed by atoms with Gasteiger partial charge in [-0.15, -0.1) is 0 Å². The molecule has 0 radical (unpaired) electrons. The lowest BCUT2D eigenvalue weighted by atomic mass is 10.1. The highest BCUT2D eigenvalue weighted by atomic mass is 32.2. The Morgan fingerprint density at radius 1 is 0.970 bits per heavy atom. The van der Waals surface area contributed by atoms with Gasteiger partial charge in [-0.1, -0.05) is 42.1 Å². The van der Waals surface area contributed by atoms with Crippen LogP contribution in [0.1, 0.15) is 34.1 Å². The molecular formula is C26H36N4O2S. The van der Waals surface area contributed by atoms with Crippen LogP contribution < -0.4 is 10.6 Å². The Morgan fingerprint density at radius 3 is 2.39 bits per heavy atom. The van der Waals surface area contributed by atoms with E-state index in [1.54, 1.807) is 11.8 Å². The van der Waals surface area contributed by atoms with E-state index in [-0.39, 0.29) is 23.4 Å². The fourth-order valence-corrected chi connectivity index (χ4v) is 4.80. The molecule has 1 atom stereocenters. The van der Waals surface area contributed by atoms with E-state index in [9.17, 15) is 9.59 Å². The first-order valence-corrected chi connectivity index (χ1v) is 12.4. The van der Waals surface area contributed by atoms with Crippen LogP contribution in [0.5, 0.6) is 0 Å². The monoisotopic (exact) mass is 468 g/mol. The van der Waals surface area contributed by atoms with Gasteiger partial charge in [0.15, 0.2) is 0 Å². The summed E-state index contributed by atoms with van der Waals surface area (Å²) in [6.45, 7) is 11.6. The highest BCUT2D eigenvalue weighted by molar-refractivity contribution is 7.99. The van der Waals surface area contributed by atoms with Crippen molar-refractivity contribution in [3.8, 4) is 0 Å². The van der Waals surface area contributed by atoms with Gasteiger partial charge in [0.25, 0.3) is 0 Å². The minimum atomic E-state index is -0.247. The number of hydrogen-bond acceptors (Lipinski definition) is 5. The van der Waals surface area contributed by atoms with Gasteiger partial charge < -0.3 is 10.6 Å². The van der Waals surface area contributed by atoms with E-state index in [1.165, 1.54) is 0 Å². The molecule has 2 N–H and O–H groups in total. The smallest absolute Gasteiger partial charge is 0.241 e. The second kappa shape index (κ2) is 11.7. The summed E-state index contributed by atoms with van der Waals surface area (Å²) in [6, 6.07) is 17.8. The molecule has 2 aromatic rings. The Balaban J connectivity index is 1.56. The van der Waals surface area contributed by atoms with Crippen LogP contribution in [0.4, 0.5) is 5.69 Å². The summed E-state index contributed by atoms with van der Waals surface area (Å²) in [5.41, 5.74) is 0.606. The number of nitrogens with one attached hydrogen (secondary N) is 2. The number of benzene rings is 2. The Bertz CT molecular complexity index is 929. The van der Waals surface area contributed by atoms with Gasteiger partial charge in [0.2, 0.25) is 11.8 Å². The fourth-order valence-electron chi connectivity index (χ4n) is 3.87. The maximum absolute atomic E-state index is 13.1. The normalized spacial score (nSPS) is 16.6. The minimum Gasteiger partial charge on any atom is -0.350 e. The van der Waals surface area contributed by atoms with E-state index >= 15 is 0 Å². The molecule has 1 aliphatic rings. The van der Waals surface area contributed by atoms with Crippen LogP contribution in [0.15, 0.2) is 64.4 Å². The summed E-state index contributed by atoms with van der Waals surface area (Å²) in [6.07, 6.45) is 0.931. The zero-order valence-corrected chi connectivity index (χ0v) is 21.0. The maximum atomic E-state index is 13.1. The molecule has 3 rings (SSSR count). The van der Waals surface area contributed by atoms with Gasteiger partial charge in [0.1, 0.15) is 0 Å². The average Bonchev–Trinajstić information content (AvgIpc) is 2.99. The third kappa shape index (κ3) is 8.18. The molecule has 1 heterocycles. The molecule has 6 nitrogen and oxygen atoms in total. The summed E-state index contributed by atoms with van der Waals surface area (Å²) in [5, 5.41) is 6.17. The van der Waals surface area contributed by atoms with Crippen LogP contribution in [0.25, 0.3) is 0 Å². The number of anilines is 1. The van der Waals surface area contributed by atoms with Crippen molar-refractivity contribution in [1.29, 1.82) is 0 Å². The van der Waals surface area contributed by atoms with Gasteiger partial charge in [-0.25, -0.2) is 0 Å². The van der Waals surface area contributed by atoms with E-state index in [2.05, 4.69) is 32.6 Å². The fraction of sp³-hybridized carbons (Fsp3) is 0.462. The van der Waals surface area contributed by atoms with E-state index in [4.69, 9.17) is 0 Å². The molecule has 0 aliphatic carbocycles. The van der Waals surface area contributed by atoms with Crippen LogP contribution >= 0.6 is 11.8 Å². The van der Waals surface area contributed by atoms with Crippen molar-refractivity contribution >= 4 is 29.3 Å². The van der Waals surface area contributed by atoms with Crippen LogP contribution in [0.3, 0.4) is 0 Å². The first-order valence-electron chi connectivity index (χ1n) is 11.6. The van der Waals surface area contributed by atoms with Crippen LogP contribution in [-0.2, 0) is 9.59 Å². The topological polar surface area (TPSA) is 64.7 Å². The Labute approximate surface area is 202 Å². The van der Waals surface area contributed by atoms with Crippen molar-refractivity contribution < 1.29 is 9.59 Å². The standard InChI is InChI=1S/C26H36N4O2S/c1-20(30-16-10-15-29(17-18-30)19-24(31)28-26(2,3)4)25(32)27-22-13-8-9-14-23(22)33-21-11-6-5-7-12-21/h5-9,11-14,20H,10,15-19H2,1-4H3,(H,27,32)(H,28,31)/t20-/m1/s1. The number of hydrogen-bond donors (Lipinski definition) is 2. The lowest BCUT2D eigenvalue weighted by molar-refractivity contribution is -0.124. The van der Waals surface area contributed by atoms with Crippen molar-refractivity contribution in [3.05, 3.63) is 54.6 Å². The largest absolute Gasteiger partial charge is 0.350 e. The molecular weight excluding hydrogens is 432 g/mol. The zero-order chi connectivity index (χ0) is 23.8. The van der Waals surface area contributed by atoms with E-state index in [0.717, 1.165) is 48.1 Å². The first-order chi connectivity index (χ1) is 15.7. The van der Waals surface area contributed by atoms with Gasteiger partial charge in [0, 0.05) is 35.0 Å². The molecule has 2 amide bonds. The van der Waals surface area contributed by atoms with Crippen molar-refractivity contribution in [2.75, 3.05) is 38.0 Å². The zero-order valence-electron chi connectivity index (χ0n) is 20.1. The van der Waals surface area contributed by atoms with Crippen LogP contribution in [0, 0.1) is 0 Å². The number of carbonyl (C=O) groups is 2. The Kier molecular flexibility index (Phi) is 8.95. The molecule has 1 aliphatic heterocycles. The molecule has 33 heavy (non-hydrogen) atoms. The van der Waals surface area contributed by atoms with Gasteiger partial charge in [-0.05, 0) is 64.9 Å². The summed E-state index contributed by atoms with van der Waals surface area (Å²) in [7, 11) is 0. The highest BCUT2D eigenvalue weighted by Gasteiger charge is 2.26. The Hall–Kier alpha value is -2.35. The predicted molar refractivity (Wildman–Crippen MR) is 136 cm³/mol. The van der Waals surface area contributed by atoms with Gasteiger partial charge in [-0.2, -0.15) is 0 Å². The first kappa shape index (κ1) is 25.3. The van der Waals surface area contributed by atoms with E-state index in [1.807, 2.05) is 70.2 Å².